The predicted molar refractivity (Wildman–Crippen MR) is 159 cm³/mol. The average molecular weight is 516 g/mol. The van der Waals surface area contributed by atoms with Crippen molar-refractivity contribution in [2.75, 3.05) is 36.1 Å². The first-order valence-corrected chi connectivity index (χ1v) is 14.3. The molecule has 0 aliphatic carbocycles. The van der Waals surface area contributed by atoms with E-state index in [1.807, 2.05) is 0 Å². The molecule has 5 aromatic rings. The van der Waals surface area contributed by atoms with Gasteiger partial charge in [0.15, 0.2) is 14.7 Å². The molecule has 4 heteroatoms. The first kappa shape index (κ1) is 24.4. The standard InChI is InChI=1S/C34H31N2OS/c1-4-10-29(11-5-1)36(30-12-6-2-7-13-30)31-18-22-34(23-19-31)38(32-14-8-3-9-15-32)33-20-16-28(17-21-33)35-24-26-37-27-25-35/h1-23H,24-27H2/q+1. The number of para-hydroxylation sites is 2. The molecule has 0 radical (unpaired) electrons. The second kappa shape index (κ2) is 11.6. The van der Waals surface area contributed by atoms with Gasteiger partial charge in [0.2, 0.25) is 0 Å². The number of benzene rings is 5. The van der Waals surface area contributed by atoms with Gasteiger partial charge in [-0.1, -0.05) is 54.6 Å². The van der Waals surface area contributed by atoms with Gasteiger partial charge in [-0.25, -0.2) is 0 Å². The van der Waals surface area contributed by atoms with Crippen molar-refractivity contribution < 1.29 is 4.74 Å². The van der Waals surface area contributed by atoms with Crippen LogP contribution in [0.15, 0.2) is 154 Å². The van der Waals surface area contributed by atoms with Crippen LogP contribution < -0.4 is 9.80 Å². The zero-order valence-electron chi connectivity index (χ0n) is 21.3. The first-order chi connectivity index (χ1) is 18.9. The van der Waals surface area contributed by atoms with E-state index in [4.69, 9.17) is 4.74 Å². The Hall–Kier alpha value is -3.99. The Morgan fingerprint density at radius 2 is 0.895 bits per heavy atom. The normalized spacial score (nSPS) is 14.2. The quantitative estimate of drug-likeness (QED) is 0.204. The lowest BCUT2D eigenvalue weighted by Gasteiger charge is -2.28. The fraction of sp³-hybridized carbons (Fsp3) is 0.118. The van der Waals surface area contributed by atoms with E-state index >= 15 is 0 Å². The number of rotatable bonds is 7. The van der Waals surface area contributed by atoms with Gasteiger partial charge >= 0.3 is 0 Å². The number of ether oxygens (including phenoxy) is 1. The number of hydrogen-bond donors (Lipinski definition) is 0. The Kier molecular flexibility index (Phi) is 7.43. The van der Waals surface area contributed by atoms with E-state index in [0.29, 0.717) is 0 Å². The lowest BCUT2D eigenvalue weighted by Crippen LogP contribution is -2.36. The summed E-state index contributed by atoms with van der Waals surface area (Å²) in [6.45, 7) is 3.49. The molecule has 1 saturated heterocycles. The Labute approximate surface area is 228 Å². The van der Waals surface area contributed by atoms with Gasteiger partial charge in [-0.2, -0.15) is 0 Å². The van der Waals surface area contributed by atoms with E-state index in [0.717, 1.165) is 43.4 Å². The summed E-state index contributed by atoms with van der Waals surface area (Å²) in [6, 6.07) is 50.2. The minimum absolute atomic E-state index is 0.200. The number of nitrogens with zero attached hydrogens (tertiary/aromatic N) is 2. The number of morpholine rings is 1. The van der Waals surface area contributed by atoms with Crippen LogP contribution in [0.1, 0.15) is 0 Å². The minimum atomic E-state index is -0.200. The van der Waals surface area contributed by atoms with E-state index in [9.17, 15) is 0 Å². The van der Waals surface area contributed by atoms with Crippen LogP contribution in [0.5, 0.6) is 0 Å². The molecule has 1 atom stereocenters. The first-order valence-electron chi connectivity index (χ1n) is 13.1. The van der Waals surface area contributed by atoms with Crippen LogP contribution in [0, 0.1) is 0 Å². The van der Waals surface area contributed by atoms with Gasteiger partial charge in [-0.05, 0) is 84.9 Å². The van der Waals surface area contributed by atoms with Crippen molar-refractivity contribution in [1.82, 2.24) is 0 Å². The second-order valence-corrected chi connectivity index (χ2v) is 11.2. The predicted octanol–water partition coefficient (Wildman–Crippen LogP) is 8.09. The van der Waals surface area contributed by atoms with Crippen LogP contribution in [0.2, 0.25) is 0 Å². The monoisotopic (exact) mass is 515 g/mol. The molecule has 0 spiro atoms. The van der Waals surface area contributed by atoms with E-state index in [1.54, 1.807) is 0 Å². The minimum Gasteiger partial charge on any atom is -0.378 e. The topological polar surface area (TPSA) is 15.7 Å². The summed E-state index contributed by atoms with van der Waals surface area (Å²) in [4.78, 5) is 8.66. The van der Waals surface area contributed by atoms with E-state index in [2.05, 4.69) is 149 Å². The molecule has 6 rings (SSSR count). The van der Waals surface area contributed by atoms with Crippen LogP contribution in [0.4, 0.5) is 22.7 Å². The molecule has 38 heavy (non-hydrogen) atoms. The number of hydrogen-bond acceptors (Lipinski definition) is 3. The zero-order valence-corrected chi connectivity index (χ0v) is 22.1. The van der Waals surface area contributed by atoms with Crippen molar-refractivity contribution in [3.05, 3.63) is 140 Å². The molecule has 0 N–H and O–H groups in total. The van der Waals surface area contributed by atoms with Crippen molar-refractivity contribution in [1.29, 1.82) is 0 Å². The Morgan fingerprint density at radius 1 is 0.474 bits per heavy atom. The SMILES string of the molecule is c1ccc(N(c2ccccc2)c2ccc([S+](c3ccccc3)c3ccc(N4CCOCC4)cc3)cc2)cc1. The van der Waals surface area contributed by atoms with Crippen molar-refractivity contribution in [2.24, 2.45) is 0 Å². The third kappa shape index (κ3) is 5.33. The summed E-state index contributed by atoms with van der Waals surface area (Å²) in [5.74, 6) is 0. The molecule has 0 saturated carbocycles. The summed E-state index contributed by atoms with van der Waals surface area (Å²) in [7, 11) is -0.200. The van der Waals surface area contributed by atoms with Crippen molar-refractivity contribution in [3.63, 3.8) is 0 Å². The van der Waals surface area contributed by atoms with E-state index in [1.165, 1.54) is 20.4 Å². The van der Waals surface area contributed by atoms with Crippen LogP contribution >= 0.6 is 0 Å². The highest BCUT2D eigenvalue weighted by Gasteiger charge is 2.29. The maximum Gasteiger partial charge on any atom is 0.166 e. The Morgan fingerprint density at radius 3 is 1.42 bits per heavy atom. The van der Waals surface area contributed by atoms with Crippen LogP contribution in [0.25, 0.3) is 0 Å². The molecule has 0 bridgehead atoms. The lowest BCUT2D eigenvalue weighted by molar-refractivity contribution is 0.122. The highest BCUT2D eigenvalue weighted by Crippen LogP contribution is 2.37. The fourth-order valence-corrected chi connectivity index (χ4v) is 6.97. The average Bonchev–Trinajstić information content (AvgIpc) is 3.01. The molecule has 0 amide bonds. The maximum absolute atomic E-state index is 5.54. The Balaban J connectivity index is 1.35. The third-order valence-electron chi connectivity index (χ3n) is 6.79. The molecule has 5 aromatic carbocycles. The van der Waals surface area contributed by atoms with Crippen LogP contribution in [0.3, 0.4) is 0 Å². The molecule has 1 heterocycles. The zero-order chi connectivity index (χ0) is 25.6. The molecule has 3 nitrogen and oxygen atoms in total. The summed E-state index contributed by atoms with van der Waals surface area (Å²) in [5.41, 5.74) is 4.70. The van der Waals surface area contributed by atoms with Gasteiger partial charge in [-0.15, -0.1) is 0 Å². The molecular formula is C34H31N2OS+. The number of anilines is 4. The van der Waals surface area contributed by atoms with Gasteiger partial charge in [0.25, 0.3) is 0 Å². The lowest BCUT2D eigenvalue weighted by atomic mass is 10.2. The van der Waals surface area contributed by atoms with Crippen molar-refractivity contribution >= 4 is 33.6 Å². The van der Waals surface area contributed by atoms with Gasteiger partial charge in [-0.3, -0.25) is 0 Å². The summed E-state index contributed by atoms with van der Waals surface area (Å²) < 4.78 is 5.54. The van der Waals surface area contributed by atoms with E-state index in [-0.39, 0.29) is 10.9 Å². The molecule has 1 unspecified atom stereocenters. The van der Waals surface area contributed by atoms with Gasteiger partial charge in [0.1, 0.15) is 0 Å². The molecular weight excluding hydrogens is 484 g/mol. The second-order valence-electron chi connectivity index (χ2n) is 9.21. The van der Waals surface area contributed by atoms with Crippen LogP contribution in [-0.4, -0.2) is 26.3 Å². The van der Waals surface area contributed by atoms with E-state index < -0.39 is 0 Å². The highest BCUT2D eigenvalue weighted by molar-refractivity contribution is 7.97. The van der Waals surface area contributed by atoms with Gasteiger partial charge in [0, 0.05) is 35.8 Å². The Bertz CT molecular complexity index is 1380. The summed E-state index contributed by atoms with van der Waals surface area (Å²) in [5, 5.41) is 0. The van der Waals surface area contributed by atoms with Gasteiger partial charge in [0.05, 0.1) is 24.1 Å². The molecule has 1 aliphatic rings. The summed E-state index contributed by atoms with van der Waals surface area (Å²) in [6.07, 6.45) is 0. The van der Waals surface area contributed by atoms with Crippen molar-refractivity contribution in [2.45, 2.75) is 14.7 Å². The summed E-state index contributed by atoms with van der Waals surface area (Å²) >= 11 is 0. The molecule has 188 valence electrons. The molecule has 0 aromatic heterocycles. The fourth-order valence-electron chi connectivity index (χ4n) is 4.91. The van der Waals surface area contributed by atoms with Crippen LogP contribution in [-0.2, 0) is 15.6 Å². The molecule has 1 aliphatic heterocycles. The van der Waals surface area contributed by atoms with Gasteiger partial charge < -0.3 is 14.5 Å². The molecule has 1 fully saturated rings. The third-order valence-corrected chi connectivity index (χ3v) is 9.02. The largest absolute Gasteiger partial charge is 0.378 e. The van der Waals surface area contributed by atoms with Crippen molar-refractivity contribution in [3.8, 4) is 0 Å². The smallest absolute Gasteiger partial charge is 0.166 e. The maximum atomic E-state index is 5.54. The highest BCUT2D eigenvalue weighted by atomic mass is 32.2.